The van der Waals surface area contributed by atoms with E-state index in [0.29, 0.717) is 0 Å². The van der Waals surface area contributed by atoms with Gasteiger partial charge in [0.25, 0.3) is 0 Å². The minimum atomic E-state index is -4.85. The minimum Gasteiger partial charge on any atom is -0.478 e. The van der Waals surface area contributed by atoms with Gasteiger partial charge in [0, 0.05) is 11.8 Å². The Labute approximate surface area is 81.4 Å². The number of carboxylic acids is 1. The van der Waals surface area contributed by atoms with Gasteiger partial charge in [-0.15, -0.1) is 0 Å². The second-order valence-electron chi connectivity index (χ2n) is 2.85. The number of aromatic nitrogens is 1. The maximum absolute atomic E-state index is 12.4. The number of pyridine rings is 1. The normalized spacial score (nSPS) is 11.5. The summed E-state index contributed by atoms with van der Waals surface area (Å²) in [5, 5.41) is 8.58. The number of halogens is 3. The summed E-state index contributed by atoms with van der Waals surface area (Å²) in [7, 11) is 0. The third-order valence-electron chi connectivity index (χ3n) is 1.75. The molecule has 4 nitrogen and oxygen atoms in total. The zero-order valence-electron chi connectivity index (χ0n) is 7.47. The summed E-state index contributed by atoms with van der Waals surface area (Å²) in [5.74, 6) is -1.73. The first-order chi connectivity index (χ1) is 6.73. The van der Waals surface area contributed by atoms with Crippen LogP contribution in [0.2, 0.25) is 0 Å². The first kappa shape index (κ1) is 11.3. The van der Waals surface area contributed by atoms with E-state index in [9.17, 15) is 22.8 Å². The van der Waals surface area contributed by atoms with E-state index < -0.39 is 28.8 Å². The molecule has 0 aliphatic carbocycles. The van der Waals surface area contributed by atoms with Crippen molar-refractivity contribution in [2.24, 2.45) is 0 Å². The van der Waals surface area contributed by atoms with Gasteiger partial charge in [0.1, 0.15) is 0 Å². The van der Waals surface area contributed by atoms with Crippen LogP contribution in [0.4, 0.5) is 13.2 Å². The predicted molar refractivity (Wildman–Crippen MR) is 43.8 cm³/mol. The first-order valence-corrected chi connectivity index (χ1v) is 3.78. The lowest BCUT2D eigenvalue weighted by molar-refractivity contribution is -0.138. The van der Waals surface area contributed by atoms with Crippen LogP contribution in [0.25, 0.3) is 0 Å². The minimum absolute atomic E-state index is 0.233. The Hall–Kier alpha value is -1.79. The smallest absolute Gasteiger partial charge is 0.417 e. The number of hydrogen-bond acceptors (Lipinski definition) is 2. The van der Waals surface area contributed by atoms with Gasteiger partial charge in [0.2, 0.25) is 5.56 Å². The number of aromatic amines is 1. The van der Waals surface area contributed by atoms with Crippen LogP contribution < -0.4 is 5.56 Å². The van der Waals surface area contributed by atoms with Crippen LogP contribution in [0.5, 0.6) is 0 Å². The van der Waals surface area contributed by atoms with Crippen molar-refractivity contribution in [3.63, 3.8) is 0 Å². The van der Waals surface area contributed by atoms with Crippen LogP contribution in [0, 0.1) is 6.92 Å². The number of alkyl halides is 3. The number of hydrogen-bond donors (Lipinski definition) is 2. The fourth-order valence-electron chi connectivity index (χ4n) is 1.19. The van der Waals surface area contributed by atoms with E-state index in [1.165, 1.54) is 0 Å². The number of H-pyrrole nitrogens is 1. The summed E-state index contributed by atoms with van der Waals surface area (Å²) in [6.45, 7) is 1.10. The van der Waals surface area contributed by atoms with Crippen LogP contribution in [-0.2, 0) is 6.18 Å². The molecule has 0 amide bonds. The Morgan fingerprint density at radius 1 is 1.47 bits per heavy atom. The zero-order chi connectivity index (χ0) is 11.8. The number of aromatic carboxylic acids is 1. The van der Waals surface area contributed by atoms with E-state index >= 15 is 0 Å². The Kier molecular flexibility index (Phi) is 2.57. The van der Waals surface area contributed by atoms with Crippen molar-refractivity contribution in [3.05, 3.63) is 33.2 Å². The number of rotatable bonds is 1. The second kappa shape index (κ2) is 3.41. The van der Waals surface area contributed by atoms with E-state index in [4.69, 9.17) is 5.11 Å². The maximum atomic E-state index is 12.4. The lowest BCUT2D eigenvalue weighted by Crippen LogP contribution is -2.21. The predicted octanol–water partition coefficient (Wildman–Crippen LogP) is 1.40. The monoisotopic (exact) mass is 221 g/mol. The molecule has 0 aliphatic rings. The van der Waals surface area contributed by atoms with Crippen LogP contribution in [-0.4, -0.2) is 16.1 Å². The summed E-state index contributed by atoms with van der Waals surface area (Å²) in [6, 6.07) is 0.233. The summed E-state index contributed by atoms with van der Waals surface area (Å²) in [5.41, 5.74) is -3.66. The molecule has 82 valence electrons. The SMILES string of the molecule is Cc1[nH]c(=O)cc(C(F)(F)F)c1C(=O)O. The molecule has 1 aromatic rings. The highest BCUT2D eigenvalue weighted by molar-refractivity contribution is 5.90. The Morgan fingerprint density at radius 3 is 2.40 bits per heavy atom. The fourth-order valence-corrected chi connectivity index (χ4v) is 1.19. The summed E-state index contributed by atoms with van der Waals surface area (Å²) >= 11 is 0. The molecule has 0 saturated carbocycles. The summed E-state index contributed by atoms with van der Waals surface area (Å²) in [6.07, 6.45) is -4.85. The number of carboxylic acid groups (broad SMARTS) is 1. The highest BCUT2D eigenvalue weighted by Crippen LogP contribution is 2.31. The van der Waals surface area contributed by atoms with Gasteiger partial charge in [0.15, 0.2) is 0 Å². The van der Waals surface area contributed by atoms with Gasteiger partial charge >= 0.3 is 12.1 Å². The van der Waals surface area contributed by atoms with Gasteiger partial charge in [-0.3, -0.25) is 4.79 Å². The Balaban J connectivity index is 3.62. The topological polar surface area (TPSA) is 70.2 Å². The van der Waals surface area contributed by atoms with E-state index in [0.717, 1.165) is 6.92 Å². The van der Waals surface area contributed by atoms with Crippen molar-refractivity contribution in [2.75, 3.05) is 0 Å². The molecule has 1 rings (SSSR count). The third-order valence-corrected chi connectivity index (χ3v) is 1.75. The standard InChI is InChI=1S/C8H6F3NO3/c1-3-6(7(14)15)4(8(9,10)11)2-5(13)12-3/h2H,1H3,(H,12,13)(H,14,15). The average Bonchev–Trinajstić information content (AvgIpc) is 1.99. The molecular formula is C8H6F3NO3. The van der Waals surface area contributed by atoms with Gasteiger partial charge in [-0.05, 0) is 6.92 Å². The maximum Gasteiger partial charge on any atom is 0.417 e. The van der Waals surface area contributed by atoms with Gasteiger partial charge < -0.3 is 10.1 Å². The van der Waals surface area contributed by atoms with Gasteiger partial charge in [-0.25, -0.2) is 4.79 Å². The molecule has 0 fully saturated rings. The van der Waals surface area contributed by atoms with Gasteiger partial charge in [0.05, 0.1) is 11.1 Å². The van der Waals surface area contributed by atoms with Crippen molar-refractivity contribution in [2.45, 2.75) is 13.1 Å². The van der Waals surface area contributed by atoms with Crippen LogP contribution >= 0.6 is 0 Å². The fraction of sp³-hybridized carbons (Fsp3) is 0.250. The molecule has 0 unspecified atom stereocenters. The lowest BCUT2D eigenvalue weighted by Gasteiger charge is -2.11. The molecule has 2 N–H and O–H groups in total. The molecule has 1 aromatic heterocycles. The van der Waals surface area contributed by atoms with Crippen molar-refractivity contribution in [1.82, 2.24) is 4.98 Å². The number of aryl methyl sites for hydroxylation is 1. The Bertz CT molecular complexity index is 461. The molecule has 7 heteroatoms. The van der Waals surface area contributed by atoms with Crippen molar-refractivity contribution in [3.8, 4) is 0 Å². The van der Waals surface area contributed by atoms with Gasteiger partial charge in [-0.1, -0.05) is 0 Å². The zero-order valence-corrected chi connectivity index (χ0v) is 7.47. The molecule has 1 heterocycles. The average molecular weight is 221 g/mol. The van der Waals surface area contributed by atoms with E-state index in [-0.39, 0.29) is 11.8 Å². The summed E-state index contributed by atoms with van der Waals surface area (Å²) < 4.78 is 37.1. The van der Waals surface area contributed by atoms with Gasteiger partial charge in [-0.2, -0.15) is 13.2 Å². The third kappa shape index (κ3) is 2.17. The van der Waals surface area contributed by atoms with Crippen molar-refractivity contribution >= 4 is 5.97 Å². The number of carbonyl (C=O) groups is 1. The van der Waals surface area contributed by atoms with Crippen LogP contribution in [0.3, 0.4) is 0 Å². The molecule has 0 saturated heterocycles. The molecule has 15 heavy (non-hydrogen) atoms. The highest BCUT2D eigenvalue weighted by Gasteiger charge is 2.36. The second-order valence-corrected chi connectivity index (χ2v) is 2.85. The summed E-state index contributed by atoms with van der Waals surface area (Å²) in [4.78, 5) is 23.4. The first-order valence-electron chi connectivity index (χ1n) is 3.78. The molecule has 0 atom stereocenters. The molecule has 0 aromatic carbocycles. The van der Waals surface area contributed by atoms with E-state index in [2.05, 4.69) is 0 Å². The van der Waals surface area contributed by atoms with Crippen LogP contribution in [0.1, 0.15) is 21.6 Å². The Morgan fingerprint density at radius 2 is 2.00 bits per heavy atom. The lowest BCUT2D eigenvalue weighted by atomic mass is 10.1. The number of nitrogens with one attached hydrogen (secondary N) is 1. The van der Waals surface area contributed by atoms with Crippen molar-refractivity contribution < 1.29 is 23.1 Å². The highest BCUT2D eigenvalue weighted by atomic mass is 19.4. The molecular weight excluding hydrogens is 215 g/mol. The van der Waals surface area contributed by atoms with E-state index in [1.807, 2.05) is 4.98 Å². The largest absolute Gasteiger partial charge is 0.478 e. The van der Waals surface area contributed by atoms with Crippen LogP contribution in [0.15, 0.2) is 10.9 Å². The molecule has 0 bridgehead atoms. The molecule has 0 spiro atoms. The van der Waals surface area contributed by atoms with E-state index in [1.54, 1.807) is 0 Å². The van der Waals surface area contributed by atoms with Crippen molar-refractivity contribution in [1.29, 1.82) is 0 Å². The molecule has 0 aliphatic heterocycles. The quantitative estimate of drug-likeness (QED) is 0.752. The molecule has 0 radical (unpaired) electrons.